The van der Waals surface area contributed by atoms with Crippen LogP contribution in [-0.4, -0.2) is 25.5 Å². The number of para-hydroxylation sites is 1. The minimum Gasteiger partial charge on any atom is -0.482 e. The van der Waals surface area contributed by atoms with Crippen molar-refractivity contribution in [1.82, 2.24) is 10.6 Å². The van der Waals surface area contributed by atoms with Gasteiger partial charge in [-0.25, -0.2) is 0 Å². The Labute approximate surface area is 139 Å². The largest absolute Gasteiger partial charge is 0.482 e. The summed E-state index contributed by atoms with van der Waals surface area (Å²) < 4.78 is 5.36. The van der Waals surface area contributed by atoms with Gasteiger partial charge in [0, 0.05) is 19.2 Å². The van der Waals surface area contributed by atoms with Crippen molar-refractivity contribution in [3.05, 3.63) is 64.7 Å². The molecule has 0 heterocycles. The Morgan fingerprint density at radius 1 is 1.13 bits per heavy atom. The van der Waals surface area contributed by atoms with E-state index in [0.717, 1.165) is 5.56 Å². The third-order valence-electron chi connectivity index (χ3n) is 3.10. The van der Waals surface area contributed by atoms with Gasteiger partial charge in [-0.15, -0.1) is 0 Å². The first-order valence-corrected chi connectivity index (χ1v) is 7.43. The predicted molar refractivity (Wildman–Crippen MR) is 88.6 cm³/mol. The SMILES string of the molecule is CNC(=O)c1cccc(CNC(=O)COc2ccccc2Cl)c1. The van der Waals surface area contributed by atoms with Crippen LogP contribution in [0.15, 0.2) is 48.5 Å². The van der Waals surface area contributed by atoms with Crippen molar-refractivity contribution in [2.75, 3.05) is 13.7 Å². The van der Waals surface area contributed by atoms with Gasteiger partial charge in [-0.1, -0.05) is 35.9 Å². The number of carbonyl (C=O) groups excluding carboxylic acids is 2. The van der Waals surface area contributed by atoms with Crippen LogP contribution in [0.5, 0.6) is 5.75 Å². The van der Waals surface area contributed by atoms with E-state index in [1.807, 2.05) is 6.07 Å². The monoisotopic (exact) mass is 332 g/mol. The Hall–Kier alpha value is -2.53. The summed E-state index contributed by atoms with van der Waals surface area (Å²) in [4.78, 5) is 23.4. The van der Waals surface area contributed by atoms with E-state index in [2.05, 4.69) is 10.6 Å². The molecule has 0 atom stereocenters. The molecule has 23 heavy (non-hydrogen) atoms. The number of ether oxygens (including phenoxy) is 1. The van der Waals surface area contributed by atoms with E-state index in [4.69, 9.17) is 16.3 Å². The number of amides is 2. The minimum atomic E-state index is -0.268. The highest BCUT2D eigenvalue weighted by Crippen LogP contribution is 2.22. The lowest BCUT2D eigenvalue weighted by Gasteiger charge is -2.09. The highest BCUT2D eigenvalue weighted by atomic mass is 35.5. The van der Waals surface area contributed by atoms with Crippen LogP contribution in [0.2, 0.25) is 5.02 Å². The van der Waals surface area contributed by atoms with Crippen LogP contribution in [0.4, 0.5) is 0 Å². The smallest absolute Gasteiger partial charge is 0.258 e. The van der Waals surface area contributed by atoms with Crippen LogP contribution in [0.3, 0.4) is 0 Å². The summed E-state index contributed by atoms with van der Waals surface area (Å²) in [6, 6.07) is 14.0. The number of hydrogen-bond acceptors (Lipinski definition) is 3. The molecule has 0 aliphatic rings. The molecule has 5 nitrogen and oxygen atoms in total. The molecule has 2 N–H and O–H groups in total. The lowest BCUT2D eigenvalue weighted by atomic mass is 10.1. The van der Waals surface area contributed by atoms with Crippen molar-refractivity contribution < 1.29 is 14.3 Å². The number of halogens is 1. The van der Waals surface area contributed by atoms with E-state index < -0.39 is 0 Å². The fourth-order valence-electron chi connectivity index (χ4n) is 1.92. The molecule has 2 amide bonds. The second-order valence-corrected chi connectivity index (χ2v) is 5.18. The van der Waals surface area contributed by atoms with Gasteiger partial charge in [-0.2, -0.15) is 0 Å². The first kappa shape index (κ1) is 16.8. The summed E-state index contributed by atoms with van der Waals surface area (Å²) in [5, 5.41) is 5.75. The van der Waals surface area contributed by atoms with Gasteiger partial charge in [0.25, 0.3) is 11.8 Å². The first-order valence-electron chi connectivity index (χ1n) is 7.05. The lowest BCUT2D eigenvalue weighted by Crippen LogP contribution is -2.28. The zero-order valence-electron chi connectivity index (χ0n) is 12.6. The number of benzene rings is 2. The van der Waals surface area contributed by atoms with E-state index in [-0.39, 0.29) is 18.4 Å². The molecule has 2 rings (SSSR count). The Balaban J connectivity index is 1.85. The number of hydrogen-bond donors (Lipinski definition) is 2. The van der Waals surface area contributed by atoms with Gasteiger partial charge >= 0.3 is 0 Å². The van der Waals surface area contributed by atoms with Crippen LogP contribution in [0.1, 0.15) is 15.9 Å². The highest BCUT2D eigenvalue weighted by Gasteiger charge is 2.07. The summed E-state index contributed by atoms with van der Waals surface area (Å²) in [5.41, 5.74) is 1.38. The fraction of sp³-hybridized carbons (Fsp3) is 0.176. The Morgan fingerprint density at radius 2 is 1.91 bits per heavy atom. The average Bonchev–Trinajstić information content (AvgIpc) is 2.58. The van der Waals surface area contributed by atoms with E-state index in [1.54, 1.807) is 49.5 Å². The number of nitrogens with one attached hydrogen (secondary N) is 2. The molecule has 0 aliphatic heterocycles. The van der Waals surface area contributed by atoms with Crippen LogP contribution in [0.25, 0.3) is 0 Å². The van der Waals surface area contributed by atoms with E-state index >= 15 is 0 Å². The molecule has 0 aliphatic carbocycles. The van der Waals surface area contributed by atoms with Crippen molar-refractivity contribution in [2.45, 2.75) is 6.54 Å². The van der Waals surface area contributed by atoms with E-state index in [1.165, 1.54) is 0 Å². The maximum atomic E-state index is 11.8. The topological polar surface area (TPSA) is 67.4 Å². The second kappa shape index (κ2) is 8.19. The van der Waals surface area contributed by atoms with Gasteiger partial charge in [0.2, 0.25) is 0 Å². The zero-order chi connectivity index (χ0) is 16.7. The van der Waals surface area contributed by atoms with Crippen LogP contribution in [-0.2, 0) is 11.3 Å². The standard InChI is InChI=1S/C17H17ClN2O3/c1-19-17(22)13-6-4-5-12(9-13)10-20-16(21)11-23-15-8-3-2-7-14(15)18/h2-9H,10-11H2,1H3,(H,19,22)(H,20,21). The number of carbonyl (C=O) groups is 2. The first-order chi connectivity index (χ1) is 11.1. The summed E-state index contributed by atoms with van der Waals surface area (Å²) in [7, 11) is 1.57. The third kappa shape index (κ3) is 5.00. The van der Waals surface area contributed by atoms with E-state index in [9.17, 15) is 9.59 Å². The second-order valence-electron chi connectivity index (χ2n) is 4.78. The maximum Gasteiger partial charge on any atom is 0.258 e. The molecule has 0 unspecified atom stereocenters. The minimum absolute atomic E-state index is 0.126. The average molecular weight is 333 g/mol. The molecular weight excluding hydrogens is 316 g/mol. The molecule has 120 valence electrons. The Morgan fingerprint density at radius 3 is 2.65 bits per heavy atom. The van der Waals surface area contributed by atoms with Gasteiger partial charge in [0.05, 0.1) is 5.02 Å². The quantitative estimate of drug-likeness (QED) is 0.853. The molecule has 2 aromatic rings. The number of rotatable bonds is 6. The van der Waals surface area contributed by atoms with Gasteiger partial charge in [0.1, 0.15) is 5.75 Å². The van der Waals surface area contributed by atoms with Crippen LogP contribution in [0, 0.1) is 0 Å². The summed E-state index contributed by atoms with van der Waals surface area (Å²) in [6.07, 6.45) is 0. The van der Waals surface area contributed by atoms with Crippen molar-refractivity contribution in [1.29, 1.82) is 0 Å². The third-order valence-corrected chi connectivity index (χ3v) is 3.41. The molecular formula is C17H17ClN2O3. The lowest BCUT2D eigenvalue weighted by molar-refractivity contribution is -0.123. The van der Waals surface area contributed by atoms with Crippen LogP contribution >= 0.6 is 11.6 Å². The van der Waals surface area contributed by atoms with Crippen molar-refractivity contribution in [3.8, 4) is 5.75 Å². The van der Waals surface area contributed by atoms with Crippen molar-refractivity contribution in [2.24, 2.45) is 0 Å². The Bertz CT molecular complexity index is 704. The van der Waals surface area contributed by atoms with Gasteiger partial charge in [0.15, 0.2) is 6.61 Å². The molecule has 0 fully saturated rings. The summed E-state index contributed by atoms with van der Waals surface area (Å²) >= 11 is 5.95. The zero-order valence-corrected chi connectivity index (χ0v) is 13.4. The highest BCUT2D eigenvalue weighted by molar-refractivity contribution is 6.32. The van der Waals surface area contributed by atoms with Crippen molar-refractivity contribution in [3.63, 3.8) is 0 Å². The molecule has 0 spiro atoms. The van der Waals surface area contributed by atoms with Gasteiger partial charge in [-0.05, 0) is 29.8 Å². The maximum absolute atomic E-state index is 11.8. The molecule has 0 saturated heterocycles. The normalized spacial score (nSPS) is 10.0. The van der Waals surface area contributed by atoms with Crippen LogP contribution < -0.4 is 15.4 Å². The van der Waals surface area contributed by atoms with Crippen molar-refractivity contribution >= 4 is 23.4 Å². The fourth-order valence-corrected chi connectivity index (χ4v) is 2.11. The molecule has 0 saturated carbocycles. The molecule has 0 bridgehead atoms. The van der Waals surface area contributed by atoms with E-state index in [0.29, 0.717) is 22.9 Å². The Kier molecular flexibility index (Phi) is 6.00. The molecule has 0 radical (unpaired) electrons. The van der Waals surface area contributed by atoms with Gasteiger partial charge < -0.3 is 15.4 Å². The molecule has 0 aromatic heterocycles. The molecule has 6 heteroatoms. The summed E-state index contributed by atoms with van der Waals surface area (Å²) in [6.45, 7) is 0.189. The summed E-state index contributed by atoms with van der Waals surface area (Å²) in [5.74, 6) is 0.0291. The van der Waals surface area contributed by atoms with Gasteiger partial charge in [-0.3, -0.25) is 9.59 Å². The molecule has 2 aromatic carbocycles. The predicted octanol–water partition coefficient (Wildman–Crippen LogP) is 2.39.